The Labute approximate surface area is 528 Å². The number of piperidine rings is 5. The fraction of sp³-hybridized carbons (Fsp3) is 0.971. The molecule has 0 aromatic heterocycles. The van der Waals surface area contributed by atoms with Gasteiger partial charge in [0.2, 0.25) is 11.8 Å². The molecule has 7 saturated heterocycles. The topological polar surface area (TPSA) is 128 Å². The number of likely N-dealkylation sites (tertiary alicyclic amines) is 5. The molecule has 0 aromatic rings. The average Bonchev–Trinajstić information content (AvgIpc) is 3.51. The van der Waals surface area contributed by atoms with Gasteiger partial charge in [0.15, 0.2) is 0 Å². The highest BCUT2D eigenvalue weighted by Crippen LogP contribution is 2.25. The third-order valence-corrected chi connectivity index (χ3v) is 19.2. The number of piperazine rings is 2. The molecule has 0 aromatic carbocycles. The summed E-state index contributed by atoms with van der Waals surface area (Å²) in [5, 5.41) is 12.3. The molecule has 7 fully saturated rings. The number of likely N-dealkylation sites (N-methyl/N-ethyl adjacent to an activating group) is 2. The number of nitrogens with zero attached hydrogens (tertiary/aromatic N) is 11. The molecule has 0 spiro atoms. The van der Waals surface area contributed by atoms with Crippen molar-refractivity contribution >= 4 is 11.8 Å². The van der Waals surface area contributed by atoms with Gasteiger partial charge in [-0.25, -0.2) is 0 Å². The zero-order valence-electron chi connectivity index (χ0n) is 61.1. The Kier molecular flexibility index (Phi) is 38.7. The third-order valence-electron chi connectivity index (χ3n) is 19.2. The first-order valence-corrected chi connectivity index (χ1v) is 34.5. The number of aliphatic hydroxyl groups is 1. The van der Waals surface area contributed by atoms with Gasteiger partial charge in [0.25, 0.3) is 0 Å². The van der Waals surface area contributed by atoms with E-state index >= 15 is 0 Å². The van der Waals surface area contributed by atoms with Gasteiger partial charge in [-0.1, -0.05) is 41.5 Å². The highest BCUT2D eigenvalue weighted by Gasteiger charge is 2.32. The molecule has 506 valence electrons. The van der Waals surface area contributed by atoms with Gasteiger partial charge < -0.3 is 45.6 Å². The minimum atomic E-state index is -0.241. The van der Waals surface area contributed by atoms with Crippen LogP contribution in [-0.2, 0) is 9.59 Å². The maximum Gasteiger partial charge on any atom is 0.222 e. The van der Waals surface area contributed by atoms with Crippen LogP contribution in [0, 0.1) is 11.8 Å². The molecule has 7 aliphatic heterocycles. The molecule has 16 heteroatoms. The second-order valence-corrected chi connectivity index (χ2v) is 31.3. The number of hydrogen-bond acceptors (Lipinski definition) is 14. The zero-order valence-corrected chi connectivity index (χ0v) is 61.1. The van der Waals surface area contributed by atoms with Crippen LogP contribution in [0.2, 0.25) is 0 Å². The summed E-state index contributed by atoms with van der Waals surface area (Å²) in [6, 6.07) is 3.64. The van der Waals surface area contributed by atoms with E-state index in [1.165, 1.54) is 143 Å². The van der Waals surface area contributed by atoms with Crippen molar-refractivity contribution in [2.75, 3.05) is 166 Å². The third kappa shape index (κ3) is 34.5. The number of rotatable bonds is 9. The molecule has 7 heterocycles. The van der Waals surface area contributed by atoms with Crippen molar-refractivity contribution in [3.8, 4) is 0 Å². The van der Waals surface area contributed by atoms with Crippen LogP contribution in [0.3, 0.4) is 0 Å². The van der Waals surface area contributed by atoms with Crippen LogP contribution in [0.1, 0.15) is 203 Å². The first-order valence-electron chi connectivity index (χ1n) is 34.5. The van der Waals surface area contributed by atoms with E-state index in [1.807, 2.05) is 13.8 Å². The van der Waals surface area contributed by atoms with Gasteiger partial charge in [0.1, 0.15) is 0 Å². The molecule has 7 aliphatic rings. The van der Waals surface area contributed by atoms with E-state index in [0.29, 0.717) is 22.7 Å². The minimum absolute atomic E-state index is 0.00926. The maximum atomic E-state index is 11.4. The fourth-order valence-electron chi connectivity index (χ4n) is 12.2. The second kappa shape index (κ2) is 40.3. The lowest BCUT2D eigenvalue weighted by molar-refractivity contribution is -0.125. The summed E-state index contributed by atoms with van der Waals surface area (Å²) in [5.41, 5.74) is 6.15. The summed E-state index contributed by atoms with van der Waals surface area (Å²) < 4.78 is 0. The predicted octanol–water partition coefficient (Wildman–Crippen LogP) is 8.76. The van der Waals surface area contributed by atoms with Crippen LogP contribution in [0.25, 0.3) is 0 Å². The van der Waals surface area contributed by atoms with Crippen LogP contribution >= 0.6 is 0 Å². The molecule has 0 saturated carbocycles. The van der Waals surface area contributed by atoms with Crippen molar-refractivity contribution in [2.24, 2.45) is 17.6 Å². The molecule has 7 rings (SSSR count). The molecule has 0 atom stereocenters. The Morgan fingerprint density at radius 1 is 0.471 bits per heavy atom. The maximum absolute atomic E-state index is 11.4. The van der Waals surface area contributed by atoms with Crippen LogP contribution < -0.4 is 11.1 Å². The number of carbonyl (C=O) groups excluding carboxylic acids is 2. The highest BCUT2D eigenvalue weighted by atomic mass is 16.3. The molecule has 0 bridgehead atoms. The Bertz CT molecular complexity index is 1650. The van der Waals surface area contributed by atoms with Gasteiger partial charge in [0.05, 0.1) is 6.10 Å². The summed E-state index contributed by atoms with van der Waals surface area (Å²) in [5.74, 6) is 0.0502. The molecular weight excluding hydrogens is 1060 g/mol. The number of nitrogens with one attached hydrogen (secondary N) is 1. The van der Waals surface area contributed by atoms with E-state index in [-0.39, 0.29) is 35.3 Å². The van der Waals surface area contributed by atoms with E-state index in [2.05, 4.69) is 205 Å². The number of aliphatic hydroxyl groups excluding tert-OH is 1. The smallest absolute Gasteiger partial charge is 0.222 e. The molecule has 0 unspecified atom stereocenters. The SMILES string of the molecule is CC(C)(C)N1CCC(O)CC1.CC(C)C(=O)NC1CCN(C)CC1.CC(C)C(N)=O.CC(C)N1CCC(N2CCN(C)CC2)CC1.CCN(CC)C1CCN(C(C)(C)C)CC1.CN(C)C1CCN(C(C)(C)C)CC1.CN1CCN(C(C)(C)C)CC1. The Morgan fingerprint density at radius 2 is 0.800 bits per heavy atom. The first-order chi connectivity index (χ1) is 39.3. The summed E-state index contributed by atoms with van der Waals surface area (Å²) in [7, 11) is 10.9. The van der Waals surface area contributed by atoms with E-state index in [9.17, 15) is 14.7 Å². The molecular formula is C69H147N13O3. The Balaban J connectivity index is 0.000000503. The normalized spacial score (nSPS) is 22.4. The van der Waals surface area contributed by atoms with Crippen LogP contribution in [-0.4, -0.2) is 295 Å². The molecule has 4 N–H and O–H groups in total. The number of nitrogens with two attached hydrogens (primary N) is 1. The van der Waals surface area contributed by atoms with E-state index in [4.69, 9.17) is 5.73 Å². The van der Waals surface area contributed by atoms with Crippen LogP contribution in [0.15, 0.2) is 0 Å². The number of primary amides is 1. The molecule has 85 heavy (non-hydrogen) atoms. The monoisotopic (exact) mass is 1210 g/mol. The lowest BCUT2D eigenvalue weighted by atomic mass is 9.97. The largest absolute Gasteiger partial charge is 0.393 e. The average molecular weight is 1210 g/mol. The fourth-order valence-corrected chi connectivity index (χ4v) is 12.2. The number of carbonyl (C=O) groups is 2. The minimum Gasteiger partial charge on any atom is -0.393 e. The van der Waals surface area contributed by atoms with Gasteiger partial charge in [-0.3, -0.25) is 34.1 Å². The highest BCUT2D eigenvalue weighted by molar-refractivity contribution is 5.78. The molecule has 0 radical (unpaired) electrons. The number of hydrogen-bond donors (Lipinski definition) is 3. The van der Waals surface area contributed by atoms with E-state index < -0.39 is 0 Å². The van der Waals surface area contributed by atoms with Crippen molar-refractivity contribution in [3.63, 3.8) is 0 Å². The van der Waals surface area contributed by atoms with E-state index in [1.54, 1.807) is 13.8 Å². The Hall–Kier alpha value is -1.54. The van der Waals surface area contributed by atoms with Crippen LogP contribution in [0.5, 0.6) is 0 Å². The lowest BCUT2D eigenvalue weighted by Crippen LogP contribution is -2.53. The lowest BCUT2D eigenvalue weighted by Gasteiger charge is -2.43. The summed E-state index contributed by atoms with van der Waals surface area (Å²) in [4.78, 5) is 48.9. The summed E-state index contributed by atoms with van der Waals surface area (Å²) in [6.45, 7) is 68.3. The molecule has 2 amide bonds. The zero-order chi connectivity index (χ0) is 65.0. The Morgan fingerprint density at radius 3 is 1.12 bits per heavy atom. The van der Waals surface area contributed by atoms with Crippen molar-refractivity contribution in [1.82, 2.24) is 59.2 Å². The van der Waals surface area contributed by atoms with Crippen molar-refractivity contribution in [1.29, 1.82) is 0 Å². The van der Waals surface area contributed by atoms with Gasteiger partial charge in [-0.05, 0) is 236 Å². The standard InChI is InChI=1S/C13H27N3.C13H28N2.C11H24N2.C10H20N2O.C9H20N2.C9H19NO.C4H9NO/c1-12(2)15-6-4-13(5-7-15)16-10-8-14(3)9-11-16;1-6-14(7-2)12-8-10-15(11-9-12)13(3,4)5;1-11(2,3)13-8-6-10(7-9-13)12(4)5;1-8(2)10(13)11-9-4-6-12(3)7-5-9;1-9(2,3)11-7-5-10(4)6-8-11;1-9(2,3)10-6-4-8(11)5-7-10;1-3(2)4(5)6/h12-13H,4-11H2,1-3H3;12H,6-11H2,1-5H3;10H,6-9H2,1-5H3;8-9H,4-7H2,1-3H3,(H,11,13);5-8H2,1-4H3;8,11H,4-7H2,1-3H3;3H,1-2H3,(H2,5,6). The second-order valence-electron chi connectivity index (χ2n) is 31.3. The van der Waals surface area contributed by atoms with Gasteiger partial charge in [0, 0.05) is 156 Å². The van der Waals surface area contributed by atoms with Gasteiger partial charge in [-0.2, -0.15) is 0 Å². The van der Waals surface area contributed by atoms with Gasteiger partial charge >= 0.3 is 0 Å². The van der Waals surface area contributed by atoms with E-state index in [0.717, 1.165) is 76.0 Å². The first kappa shape index (κ1) is 81.5. The quantitative estimate of drug-likeness (QED) is 0.204. The van der Waals surface area contributed by atoms with Crippen LogP contribution in [0.4, 0.5) is 0 Å². The van der Waals surface area contributed by atoms with Crippen molar-refractivity contribution in [2.45, 2.75) is 261 Å². The van der Waals surface area contributed by atoms with Gasteiger partial charge in [-0.15, -0.1) is 0 Å². The predicted molar refractivity (Wildman–Crippen MR) is 367 cm³/mol. The van der Waals surface area contributed by atoms with Crippen molar-refractivity contribution in [3.05, 3.63) is 0 Å². The molecule has 16 nitrogen and oxygen atoms in total. The number of amides is 2. The summed E-state index contributed by atoms with van der Waals surface area (Å²) in [6.07, 6.45) is 12.1. The summed E-state index contributed by atoms with van der Waals surface area (Å²) >= 11 is 0. The molecule has 0 aliphatic carbocycles. The van der Waals surface area contributed by atoms with Crippen molar-refractivity contribution < 1.29 is 14.7 Å².